The molecular formula is C25H27N5OS. The van der Waals surface area contributed by atoms with Gasteiger partial charge in [0.25, 0.3) is 0 Å². The summed E-state index contributed by atoms with van der Waals surface area (Å²) < 4.78 is 0. The maximum atomic E-state index is 12.1. The Hall–Kier alpha value is -2.54. The first-order valence-electron chi connectivity index (χ1n) is 11.8. The van der Waals surface area contributed by atoms with Crippen molar-refractivity contribution in [3.63, 3.8) is 0 Å². The molecule has 4 aliphatic rings. The number of Topliss-reactive ketones (excluding diaryl/α,β-unsaturated/α-hetero) is 1. The highest BCUT2D eigenvalue weighted by atomic mass is 32.2. The molecule has 2 heterocycles. The molecule has 0 radical (unpaired) electrons. The van der Waals surface area contributed by atoms with E-state index in [0.29, 0.717) is 41.1 Å². The standard InChI is InChI=1S/C25H27N5OS/c31-21(17-6-7-17)12-15-4-10-20(11-5-15)32-25-29-23(18-8-9-18)28-24(30-25)27-22-13-19(14-26-22)16-2-1-3-16/h4-5,10-11,13,16-18H,1-3,6-9,12,14H2,(H,26,27,28,29,30). The molecular weight excluding hydrogens is 418 g/mol. The van der Waals surface area contributed by atoms with Crippen LogP contribution < -0.4 is 5.32 Å². The molecule has 0 atom stereocenters. The second-order valence-corrected chi connectivity index (χ2v) is 10.5. The Morgan fingerprint density at radius 1 is 0.969 bits per heavy atom. The molecule has 0 amide bonds. The molecule has 1 N–H and O–H groups in total. The largest absolute Gasteiger partial charge is 0.309 e. The molecule has 0 saturated heterocycles. The summed E-state index contributed by atoms with van der Waals surface area (Å²) in [5, 5.41) is 4.03. The number of nitrogens with zero attached hydrogens (tertiary/aromatic N) is 4. The molecule has 7 heteroatoms. The average molecular weight is 446 g/mol. The van der Waals surface area contributed by atoms with Gasteiger partial charge in [0.05, 0.1) is 6.54 Å². The number of hydrogen-bond acceptors (Lipinski definition) is 7. The fourth-order valence-corrected chi connectivity index (χ4v) is 4.94. The molecule has 164 valence electrons. The fourth-order valence-electron chi connectivity index (χ4n) is 4.19. The Kier molecular flexibility index (Phi) is 5.29. The first-order chi connectivity index (χ1) is 15.7. The first kappa shape index (κ1) is 20.1. The van der Waals surface area contributed by atoms with Crippen molar-refractivity contribution in [3.05, 3.63) is 47.3 Å². The molecule has 3 aliphatic carbocycles. The minimum atomic E-state index is 0.310. The highest BCUT2D eigenvalue weighted by Crippen LogP contribution is 2.39. The number of benzene rings is 1. The monoisotopic (exact) mass is 445 g/mol. The smallest absolute Gasteiger partial charge is 0.232 e. The number of rotatable bonds is 8. The average Bonchev–Trinajstić information content (AvgIpc) is 3.66. The van der Waals surface area contributed by atoms with Gasteiger partial charge in [-0.05, 0) is 85.6 Å². The third-order valence-electron chi connectivity index (χ3n) is 6.74. The summed E-state index contributed by atoms with van der Waals surface area (Å²) in [6, 6.07) is 8.21. The molecule has 1 aliphatic heterocycles. The van der Waals surface area contributed by atoms with Crippen molar-refractivity contribution in [2.45, 2.75) is 67.3 Å². The summed E-state index contributed by atoms with van der Waals surface area (Å²) in [5.74, 6) is 4.16. The van der Waals surface area contributed by atoms with Gasteiger partial charge in [0.1, 0.15) is 17.4 Å². The van der Waals surface area contributed by atoms with Gasteiger partial charge in [-0.15, -0.1) is 0 Å². The summed E-state index contributed by atoms with van der Waals surface area (Å²) in [4.78, 5) is 31.9. The maximum Gasteiger partial charge on any atom is 0.232 e. The van der Waals surface area contributed by atoms with Crippen LogP contribution in [0.3, 0.4) is 0 Å². The third-order valence-corrected chi connectivity index (χ3v) is 7.61. The molecule has 3 fully saturated rings. The van der Waals surface area contributed by atoms with Crippen LogP contribution in [0.4, 0.5) is 5.95 Å². The van der Waals surface area contributed by atoms with E-state index < -0.39 is 0 Å². The van der Waals surface area contributed by atoms with Gasteiger partial charge < -0.3 is 5.32 Å². The van der Waals surface area contributed by atoms with Gasteiger partial charge in [-0.2, -0.15) is 9.97 Å². The second-order valence-electron chi connectivity index (χ2n) is 9.41. The normalized spacial score (nSPS) is 20.5. The van der Waals surface area contributed by atoms with Crippen molar-refractivity contribution in [2.75, 3.05) is 11.9 Å². The van der Waals surface area contributed by atoms with Crippen LogP contribution >= 0.6 is 11.8 Å². The fraction of sp³-hybridized carbons (Fsp3) is 0.480. The van der Waals surface area contributed by atoms with E-state index >= 15 is 0 Å². The van der Waals surface area contributed by atoms with Gasteiger partial charge >= 0.3 is 0 Å². The number of aliphatic imine (C=N–C) groups is 1. The number of nitrogens with one attached hydrogen (secondary N) is 1. The minimum absolute atomic E-state index is 0.310. The van der Waals surface area contributed by atoms with E-state index in [2.05, 4.69) is 38.5 Å². The number of hydrogen-bond donors (Lipinski definition) is 1. The minimum Gasteiger partial charge on any atom is -0.309 e. The lowest BCUT2D eigenvalue weighted by atomic mass is 9.80. The number of aromatic nitrogens is 3. The van der Waals surface area contributed by atoms with Crippen molar-refractivity contribution in [1.82, 2.24) is 15.0 Å². The van der Waals surface area contributed by atoms with E-state index in [4.69, 9.17) is 4.98 Å². The van der Waals surface area contributed by atoms with Gasteiger partial charge in [0, 0.05) is 23.2 Å². The van der Waals surface area contributed by atoms with Crippen LogP contribution in [-0.4, -0.2) is 33.1 Å². The number of carbonyl (C=O) groups excluding carboxylic acids is 1. The Morgan fingerprint density at radius 3 is 2.47 bits per heavy atom. The van der Waals surface area contributed by atoms with Crippen molar-refractivity contribution < 1.29 is 4.79 Å². The van der Waals surface area contributed by atoms with Crippen molar-refractivity contribution in [2.24, 2.45) is 16.8 Å². The van der Waals surface area contributed by atoms with Gasteiger partial charge in [-0.1, -0.05) is 18.6 Å². The van der Waals surface area contributed by atoms with Crippen LogP contribution in [0.15, 0.2) is 51.0 Å². The van der Waals surface area contributed by atoms with E-state index in [1.807, 2.05) is 12.1 Å². The maximum absolute atomic E-state index is 12.1. The van der Waals surface area contributed by atoms with Gasteiger partial charge in [-0.25, -0.2) is 4.98 Å². The Labute approximate surface area is 192 Å². The molecule has 1 aromatic carbocycles. The highest BCUT2D eigenvalue weighted by molar-refractivity contribution is 7.99. The molecule has 3 saturated carbocycles. The molecule has 0 bridgehead atoms. The quantitative estimate of drug-likeness (QED) is 0.618. The van der Waals surface area contributed by atoms with E-state index in [1.165, 1.54) is 24.8 Å². The Balaban J connectivity index is 1.16. The van der Waals surface area contributed by atoms with Crippen LogP contribution in [0.5, 0.6) is 0 Å². The molecule has 2 aromatic rings. The van der Waals surface area contributed by atoms with Crippen LogP contribution in [-0.2, 0) is 11.2 Å². The zero-order valence-corrected chi connectivity index (χ0v) is 18.9. The SMILES string of the molecule is O=C(Cc1ccc(Sc2nc(NC3=NCC(C4CCC4)=C3)nc(C3CC3)n2)cc1)C1CC1. The van der Waals surface area contributed by atoms with Crippen molar-refractivity contribution in [3.8, 4) is 0 Å². The number of anilines is 1. The molecule has 6 nitrogen and oxygen atoms in total. The van der Waals surface area contributed by atoms with Gasteiger partial charge in [0.2, 0.25) is 5.95 Å². The predicted octanol–water partition coefficient (Wildman–Crippen LogP) is 4.97. The summed E-state index contributed by atoms with van der Waals surface area (Å²) in [5.41, 5.74) is 2.52. The van der Waals surface area contributed by atoms with Crippen LogP contribution in [0.2, 0.25) is 0 Å². The Bertz CT molecular complexity index is 1100. The second kappa shape index (κ2) is 8.43. The lowest BCUT2D eigenvalue weighted by molar-refractivity contribution is -0.119. The third kappa shape index (κ3) is 4.63. The molecule has 32 heavy (non-hydrogen) atoms. The molecule has 0 spiro atoms. The number of ketones is 1. The summed E-state index contributed by atoms with van der Waals surface area (Å²) in [7, 11) is 0. The van der Waals surface area contributed by atoms with Crippen LogP contribution in [0.1, 0.15) is 62.3 Å². The topological polar surface area (TPSA) is 80.1 Å². The molecule has 1 aromatic heterocycles. The zero-order chi connectivity index (χ0) is 21.5. The van der Waals surface area contributed by atoms with Crippen LogP contribution in [0.25, 0.3) is 0 Å². The first-order valence-corrected chi connectivity index (χ1v) is 12.6. The number of carbonyl (C=O) groups is 1. The number of amidine groups is 1. The predicted molar refractivity (Wildman–Crippen MR) is 125 cm³/mol. The van der Waals surface area contributed by atoms with Gasteiger partial charge in [-0.3, -0.25) is 9.79 Å². The summed E-state index contributed by atoms with van der Waals surface area (Å²) in [6.45, 7) is 0.796. The summed E-state index contributed by atoms with van der Waals surface area (Å²) in [6.07, 6.45) is 11.1. The summed E-state index contributed by atoms with van der Waals surface area (Å²) >= 11 is 1.54. The highest BCUT2D eigenvalue weighted by Gasteiger charge is 2.30. The van der Waals surface area contributed by atoms with Crippen molar-refractivity contribution >= 4 is 29.3 Å². The lowest BCUT2D eigenvalue weighted by Crippen LogP contribution is -2.15. The van der Waals surface area contributed by atoms with Crippen LogP contribution in [0, 0.1) is 11.8 Å². The molecule has 6 rings (SSSR count). The van der Waals surface area contributed by atoms with E-state index in [-0.39, 0.29) is 0 Å². The van der Waals surface area contributed by atoms with Crippen molar-refractivity contribution in [1.29, 1.82) is 0 Å². The lowest BCUT2D eigenvalue weighted by Gasteiger charge is -2.26. The van der Waals surface area contributed by atoms with E-state index in [9.17, 15) is 4.79 Å². The Morgan fingerprint density at radius 2 is 1.78 bits per heavy atom. The van der Waals surface area contributed by atoms with Gasteiger partial charge in [0.15, 0.2) is 5.16 Å². The zero-order valence-electron chi connectivity index (χ0n) is 18.1. The molecule has 0 unspecified atom stereocenters. The van der Waals surface area contributed by atoms with E-state index in [1.54, 1.807) is 11.8 Å². The van der Waals surface area contributed by atoms with E-state index in [0.717, 1.165) is 54.3 Å².